The van der Waals surface area contributed by atoms with Gasteiger partial charge in [0, 0.05) is 11.4 Å². The molecule has 0 saturated carbocycles. The lowest BCUT2D eigenvalue weighted by Gasteiger charge is -2.44. The van der Waals surface area contributed by atoms with E-state index >= 15 is 0 Å². The maximum Gasteiger partial charge on any atom is 0.340 e. The SMILES string of the molecule is Cc1ccc([Si]2(c3ccc(C)cc3)N(c3ccccc3)c3cc(C)c(C)cc3N2c2ccccc2)cc1. The highest BCUT2D eigenvalue weighted by atomic mass is 28.3. The Morgan fingerprint density at radius 3 is 1.14 bits per heavy atom. The summed E-state index contributed by atoms with van der Waals surface area (Å²) in [5.74, 6) is 0. The van der Waals surface area contributed by atoms with Crippen LogP contribution in [0, 0.1) is 27.7 Å². The highest BCUT2D eigenvalue weighted by molar-refractivity contribution is 7.10. The number of hydrogen-bond acceptors (Lipinski definition) is 2. The summed E-state index contributed by atoms with van der Waals surface area (Å²) >= 11 is 0. The highest BCUT2D eigenvalue weighted by Gasteiger charge is 2.57. The van der Waals surface area contributed by atoms with Crippen molar-refractivity contribution in [2.45, 2.75) is 27.7 Å². The average Bonchev–Trinajstić information content (AvgIpc) is 3.21. The molecule has 0 radical (unpaired) electrons. The van der Waals surface area contributed by atoms with Crippen molar-refractivity contribution >= 4 is 41.5 Å². The minimum absolute atomic E-state index is 1.22. The maximum absolute atomic E-state index is 2.85. The van der Waals surface area contributed by atoms with Crippen molar-refractivity contribution in [3.8, 4) is 0 Å². The Kier molecular flexibility index (Phi) is 5.73. The van der Waals surface area contributed by atoms with Gasteiger partial charge in [-0.15, -0.1) is 0 Å². The predicted molar refractivity (Wildman–Crippen MR) is 160 cm³/mol. The first-order valence-corrected chi connectivity index (χ1v) is 14.9. The van der Waals surface area contributed by atoms with Gasteiger partial charge >= 0.3 is 8.40 Å². The number of fused-ring (bicyclic) bond motifs is 1. The van der Waals surface area contributed by atoms with E-state index in [4.69, 9.17) is 0 Å². The largest absolute Gasteiger partial charge is 0.341 e. The van der Waals surface area contributed by atoms with Gasteiger partial charge in [0.15, 0.2) is 0 Å². The highest BCUT2D eigenvalue weighted by Crippen LogP contribution is 2.51. The third-order valence-electron chi connectivity index (χ3n) is 7.66. The summed E-state index contributed by atoms with van der Waals surface area (Å²) in [7, 11) is -2.85. The lowest BCUT2D eigenvalue weighted by molar-refractivity contribution is 1.31. The van der Waals surface area contributed by atoms with Crippen molar-refractivity contribution in [1.82, 2.24) is 0 Å². The number of anilines is 4. The van der Waals surface area contributed by atoms with Crippen LogP contribution in [0.15, 0.2) is 121 Å². The fourth-order valence-corrected chi connectivity index (χ4v) is 10.6. The normalized spacial score (nSPS) is 14.1. The molecule has 0 unspecified atom stereocenters. The summed E-state index contributed by atoms with van der Waals surface area (Å²) < 4.78 is 5.36. The van der Waals surface area contributed by atoms with Gasteiger partial charge < -0.3 is 9.13 Å². The van der Waals surface area contributed by atoms with E-state index in [1.165, 1.54) is 55.4 Å². The number of rotatable bonds is 4. The van der Waals surface area contributed by atoms with Gasteiger partial charge in [-0.2, -0.15) is 0 Å². The number of para-hydroxylation sites is 2. The molecular formula is C34H32N2Si. The average molecular weight is 497 g/mol. The monoisotopic (exact) mass is 496 g/mol. The summed E-state index contributed by atoms with van der Waals surface area (Å²) in [5.41, 5.74) is 10.2. The van der Waals surface area contributed by atoms with Crippen LogP contribution in [-0.2, 0) is 0 Å². The molecular weight excluding hydrogens is 464 g/mol. The van der Waals surface area contributed by atoms with Crippen LogP contribution in [0.25, 0.3) is 0 Å². The molecule has 6 rings (SSSR count). The molecule has 5 aromatic carbocycles. The lowest BCUT2D eigenvalue weighted by atomic mass is 10.1. The zero-order valence-electron chi connectivity index (χ0n) is 21.9. The Hall–Kier alpha value is -4.08. The fraction of sp³-hybridized carbons (Fsp3) is 0.118. The molecule has 0 saturated heterocycles. The molecule has 0 spiro atoms. The zero-order chi connectivity index (χ0) is 25.6. The molecule has 5 aromatic rings. The standard InChI is InChI=1S/C34H32N2Si/c1-25-15-19-31(20-16-25)37(32-21-17-26(2)18-22-32)35(29-11-7-5-8-12-29)33-23-27(3)28(4)24-34(33)36(37)30-13-9-6-10-14-30/h5-24H,1-4H3. The second-order valence-electron chi connectivity index (χ2n) is 10.2. The third kappa shape index (κ3) is 3.70. The first-order valence-electron chi connectivity index (χ1n) is 13.0. The van der Waals surface area contributed by atoms with E-state index in [-0.39, 0.29) is 0 Å². The second kappa shape index (κ2) is 9.09. The number of nitrogens with zero attached hydrogens (tertiary/aromatic N) is 2. The molecule has 2 nitrogen and oxygen atoms in total. The van der Waals surface area contributed by atoms with Crippen molar-refractivity contribution in [2.75, 3.05) is 9.13 Å². The quantitative estimate of drug-likeness (QED) is 0.238. The molecule has 0 N–H and O–H groups in total. The van der Waals surface area contributed by atoms with Crippen molar-refractivity contribution in [3.05, 3.63) is 144 Å². The van der Waals surface area contributed by atoms with E-state index < -0.39 is 8.40 Å². The van der Waals surface area contributed by atoms with E-state index in [2.05, 4.69) is 158 Å². The number of hydrogen-bond donors (Lipinski definition) is 0. The minimum atomic E-state index is -2.85. The van der Waals surface area contributed by atoms with Crippen LogP contribution in [0.3, 0.4) is 0 Å². The van der Waals surface area contributed by atoms with Gasteiger partial charge in [-0.25, -0.2) is 0 Å². The van der Waals surface area contributed by atoms with Crippen molar-refractivity contribution in [3.63, 3.8) is 0 Å². The molecule has 182 valence electrons. The van der Waals surface area contributed by atoms with Gasteiger partial charge in [-0.05, 0) is 85.6 Å². The Balaban J connectivity index is 1.80. The van der Waals surface area contributed by atoms with Crippen molar-refractivity contribution in [2.24, 2.45) is 0 Å². The summed E-state index contributed by atoms with van der Waals surface area (Å²) in [6.07, 6.45) is 0. The van der Waals surface area contributed by atoms with Crippen LogP contribution in [0.5, 0.6) is 0 Å². The molecule has 0 amide bonds. The van der Waals surface area contributed by atoms with Crippen LogP contribution in [0.1, 0.15) is 22.3 Å². The Morgan fingerprint density at radius 1 is 0.432 bits per heavy atom. The molecule has 0 fully saturated rings. The number of aryl methyl sites for hydroxylation is 4. The molecule has 0 aliphatic carbocycles. The van der Waals surface area contributed by atoms with Gasteiger partial charge in [0.1, 0.15) is 0 Å². The molecule has 0 aromatic heterocycles. The first-order chi connectivity index (χ1) is 18.0. The van der Waals surface area contributed by atoms with E-state index in [0.717, 1.165) is 0 Å². The molecule has 1 heterocycles. The molecule has 0 bridgehead atoms. The van der Waals surface area contributed by atoms with Crippen LogP contribution in [-0.4, -0.2) is 8.40 Å². The Morgan fingerprint density at radius 2 is 0.784 bits per heavy atom. The van der Waals surface area contributed by atoms with Gasteiger partial charge in [0.2, 0.25) is 0 Å². The molecule has 3 heteroatoms. The molecule has 0 atom stereocenters. The third-order valence-corrected chi connectivity index (χ3v) is 12.2. The van der Waals surface area contributed by atoms with Gasteiger partial charge in [0.25, 0.3) is 0 Å². The summed E-state index contributed by atoms with van der Waals surface area (Å²) in [6.45, 7) is 8.80. The number of benzene rings is 5. The summed E-state index contributed by atoms with van der Waals surface area (Å²) in [5, 5.41) is 2.72. The van der Waals surface area contributed by atoms with E-state index in [1.807, 2.05) is 0 Å². The lowest BCUT2D eigenvalue weighted by Crippen LogP contribution is -2.75. The zero-order valence-corrected chi connectivity index (χ0v) is 22.9. The predicted octanol–water partition coefficient (Wildman–Crippen LogP) is 7.47. The minimum Gasteiger partial charge on any atom is -0.341 e. The van der Waals surface area contributed by atoms with Gasteiger partial charge in [0.05, 0.1) is 11.4 Å². The van der Waals surface area contributed by atoms with Crippen LogP contribution in [0.4, 0.5) is 22.7 Å². The van der Waals surface area contributed by atoms with Gasteiger partial charge in [-0.3, -0.25) is 0 Å². The van der Waals surface area contributed by atoms with Crippen LogP contribution >= 0.6 is 0 Å². The van der Waals surface area contributed by atoms with E-state index in [0.29, 0.717) is 0 Å². The van der Waals surface area contributed by atoms with Gasteiger partial charge in [-0.1, -0.05) is 96.1 Å². The van der Waals surface area contributed by atoms with Crippen molar-refractivity contribution < 1.29 is 0 Å². The Labute approximate surface area is 221 Å². The van der Waals surface area contributed by atoms with Crippen LogP contribution in [0.2, 0.25) is 0 Å². The fourth-order valence-electron chi connectivity index (χ4n) is 5.65. The second-order valence-corrected chi connectivity index (χ2v) is 13.6. The maximum atomic E-state index is 2.68. The smallest absolute Gasteiger partial charge is 0.340 e. The molecule has 1 aliphatic rings. The van der Waals surface area contributed by atoms with E-state index in [9.17, 15) is 0 Å². The van der Waals surface area contributed by atoms with Crippen molar-refractivity contribution in [1.29, 1.82) is 0 Å². The molecule has 1 aliphatic heterocycles. The van der Waals surface area contributed by atoms with Crippen LogP contribution < -0.4 is 19.5 Å². The Bertz CT molecular complexity index is 1420. The summed E-state index contributed by atoms with van der Waals surface area (Å²) in [6, 6.07) is 45.2. The molecule has 37 heavy (non-hydrogen) atoms. The topological polar surface area (TPSA) is 6.48 Å². The van der Waals surface area contributed by atoms with E-state index in [1.54, 1.807) is 0 Å². The summed E-state index contributed by atoms with van der Waals surface area (Å²) in [4.78, 5) is 0. The first kappa shape index (κ1) is 23.3.